The van der Waals surface area contributed by atoms with E-state index in [2.05, 4.69) is 21.2 Å². The summed E-state index contributed by atoms with van der Waals surface area (Å²) in [6, 6.07) is 17.4. The number of amides is 2. The average Bonchev–Trinajstić information content (AvgIpc) is 2.88. The average molecular weight is 661 g/mol. The van der Waals surface area contributed by atoms with E-state index in [1.165, 1.54) is 11.9 Å². The van der Waals surface area contributed by atoms with Gasteiger partial charge in [-0.25, -0.2) is 8.42 Å². The lowest BCUT2D eigenvalue weighted by atomic mass is 10.0. The van der Waals surface area contributed by atoms with Crippen molar-refractivity contribution >= 4 is 55.1 Å². The molecule has 13 heteroatoms. The Bertz CT molecular complexity index is 1470. The molecule has 0 aliphatic heterocycles. The standard InChI is InChI=1S/C27H26BrClF3N3O4S/c1-33-26(37)24(14-18-7-4-3-5-8-18)34(16-19-9-6-10-20(28)13-19)25(36)17-35(40(2,38)39)21-11-12-23(29)22(15-21)27(30,31)32/h3-13,15,24H,14,16-17H2,1-2H3,(H,33,37)/t24-/m1/s1. The molecule has 7 nitrogen and oxygen atoms in total. The minimum Gasteiger partial charge on any atom is -0.357 e. The number of nitrogens with zero attached hydrogens (tertiary/aromatic N) is 2. The van der Waals surface area contributed by atoms with Crippen molar-refractivity contribution in [2.75, 3.05) is 24.2 Å². The van der Waals surface area contributed by atoms with Gasteiger partial charge in [0.05, 0.1) is 22.5 Å². The van der Waals surface area contributed by atoms with Crippen LogP contribution in [0.2, 0.25) is 5.02 Å². The molecule has 1 atom stereocenters. The summed E-state index contributed by atoms with van der Waals surface area (Å²) in [7, 11) is -2.83. The van der Waals surface area contributed by atoms with Crippen LogP contribution in [-0.2, 0) is 38.8 Å². The van der Waals surface area contributed by atoms with Crippen molar-refractivity contribution in [2.24, 2.45) is 0 Å². The van der Waals surface area contributed by atoms with Gasteiger partial charge >= 0.3 is 6.18 Å². The zero-order chi connectivity index (χ0) is 29.7. The zero-order valence-electron chi connectivity index (χ0n) is 21.5. The van der Waals surface area contributed by atoms with Gasteiger partial charge in [-0.1, -0.05) is 70.0 Å². The fourth-order valence-electron chi connectivity index (χ4n) is 4.05. The fourth-order valence-corrected chi connectivity index (χ4v) is 5.56. The third-order valence-electron chi connectivity index (χ3n) is 5.98. The largest absolute Gasteiger partial charge is 0.417 e. The van der Waals surface area contributed by atoms with E-state index in [0.29, 0.717) is 15.9 Å². The number of anilines is 1. The second-order valence-corrected chi connectivity index (χ2v) is 12.1. The van der Waals surface area contributed by atoms with Crippen molar-refractivity contribution in [1.29, 1.82) is 0 Å². The molecule has 1 N–H and O–H groups in total. The molecule has 0 bridgehead atoms. The monoisotopic (exact) mass is 659 g/mol. The summed E-state index contributed by atoms with van der Waals surface area (Å²) in [6.45, 7) is -0.927. The van der Waals surface area contributed by atoms with Crippen LogP contribution in [0.25, 0.3) is 0 Å². The number of likely N-dealkylation sites (N-methyl/N-ethyl adjacent to an activating group) is 1. The van der Waals surface area contributed by atoms with Gasteiger partial charge < -0.3 is 10.2 Å². The van der Waals surface area contributed by atoms with Crippen molar-refractivity contribution < 1.29 is 31.2 Å². The first-order valence-corrected chi connectivity index (χ1v) is 14.9. The number of rotatable bonds is 10. The van der Waals surface area contributed by atoms with Crippen molar-refractivity contribution in [1.82, 2.24) is 10.2 Å². The Kier molecular flexibility index (Phi) is 10.3. The highest BCUT2D eigenvalue weighted by atomic mass is 79.9. The number of benzene rings is 3. The van der Waals surface area contributed by atoms with Crippen LogP contribution in [0.1, 0.15) is 16.7 Å². The van der Waals surface area contributed by atoms with Gasteiger partial charge in [-0.2, -0.15) is 13.2 Å². The molecule has 0 radical (unpaired) electrons. The van der Waals surface area contributed by atoms with E-state index in [1.807, 2.05) is 0 Å². The molecule has 0 spiro atoms. The van der Waals surface area contributed by atoms with Gasteiger partial charge in [0.1, 0.15) is 12.6 Å². The van der Waals surface area contributed by atoms with Gasteiger partial charge in [0.25, 0.3) is 0 Å². The van der Waals surface area contributed by atoms with Gasteiger partial charge in [0.2, 0.25) is 21.8 Å². The summed E-state index contributed by atoms with van der Waals surface area (Å²) in [5, 5.41) is 1.93. The molecule has 3 rings (SSSR count). The number of hydrogen-bond donors (Lipinski definition) is 1. The van der Waals surface area contributed by atoms with Gasteiger partial charge in [-0.3, -0.25) is 13.9 Å². The Balaban J connectivity index is 2.07. The topological polar surface area (TPSA) is 86.8 Å². The van der Waals surface area contributed by atoms with Crippen molar-refractivity contribution in [3.8, 4) is 0 Å². The summed E-state index contributed by atoms with van der Waals surface area (Å²) in [5.74, 6) is -1.29. The SMILES string of the molecule is CNC(=O)[C@@H](Cc1ccccc1)N(Cc1cccc(Br)c1)C(=O)CN(c1ccc(Cl)c(C(F)(F)F)c1)S(C)(=O)=O. The van der Waals surface area contributed by atoms with Crippen LogP contribution >= 0.6 is 27.5 Å². The third-order valence-corrected chi connectivity index (χ3v) is 7.95. The minimum absolute atomic E-state index is 0.0742. The Morgan fingerprint density at radius 1 is 1.00 bits per heavy atom. The number of hydrogen-bond acceptors (Lipinski definition) is 4. The van der Waals surface area contributed by atoms with Crippen LogP contribution in [0, 0.1) is 0 Å². The van der Waals surface area contributed by atoms with Crippen LogP contribution in [-0.4, -0.2) is 51.0 Å². The summed E-state index contributed by atoms with van der Waals surface area (Å²) in [6.07, 6.45) is -3.97. The third kappa shape index (κ3) is 8.21. The van der Waals surface area contributed by atoms with E-state index in [0.717, 1.165) is 28.4 Å². The molecule has 214 valence electrons. The van der Waals surface area contributed by atoms with Crippen molar-refractivity contribution in [3.05, 3.63) is 99.0 Å². The molecule has 0 aromatic heterocycles. The molecule has 3 aromatic carbocycles. The maximum Gasteiger partial charge on any atom is 0.417 e. The minimum atomic E-state index is -4.85. The van der Waals surface area contributed by atoms with E-state index >= 15 is 0 Å². The zero-order valence-corrected chi connectivity index (χ0v) is 24.6. The Morgan fingerprint density at radius 3 is 2.23 bits per heavy atom. The Labute approximate surface area is 244 Å². The highest BCUT2D eigenvalue weighted by Crippen LogP contribution is 2.37. The number of nitrogens with one attached hydrogen (secondary N) is 1. The maximum atomic E-state index is 13.8. The van der Waals surface area contributed by atoms with Gasteiger partial charge in [0, 0.05) is 24.5 Å². The molecule has 0 saturated heterocycles. The number of carbonyl (C=O) groups is 2. The van der Waals surface area contributed by atoms with Gasteiger partial charge in [-0.15, -0.1) is 0 Å². The molecule has 0 unspecified atom stereocenters. The first kappa shape index (κ1) is 31.4. The van der Waals surface area contributed by atoms with Gasteiger partial charge in [-0.05, 0) is 41.5 Å². The predicted octanol–water partition coefficient (Wildman–Crippen LogP) is 5.27. The smallest absolute Gasteiger partial charge is 0.357 e. The van der Waals surface area contributed by atoms with Crippen molar-refractivity contribution in [3.63, 3.8) is 0 Å². The molecule has 0 heterocycles. The maximum absolute atomic E-state index is 13.8. The molecule has 40 heavy (non-hydrogen) atoms. The number of halogens is 5. The molecule has 0 saturated carbocycles. The van der Waals surface area contributed by atoms with Crippen LogP contribution in [0.15, 0.2) is 77.3 Å². The molecule has 0 fully saturated rings. The lowest BCUT2D eigenvalue weighted by Crippen LogP contribution is -2.52. The molecule has 3 aromatic rings. The number of carbonyl (C=O) groups excluding carboxylic acids is 2. The van der Waals surface area contributed by atoms with Crippen LogP contribution in [0.4, 0.5) is 18.9 Å². The molecule has 0 aliphatic carbocycles. The highest BCUT2D eigenvalue weighted by molar-refractivity contribution is 9.10. The summed E-state index contributed by atoms with van der Waals surface area (Å²) >= 11 is 9.09. The number of sulfonamides is 1. The molecular formula is C27H26BrClF3N3O4S. The van der Waals surface area contributed by atoms with Gasteiger partial charge in [0.15, 0.2) is 0 Å². The lowest BCUT2D eigenvalue weighted by molar-refractivity contribution is -0.139. The van der Waals surface area contributed by atoms with Crippen LogP contribution in [0.3, 0.4) is 0 Å². The molecule has 2 amide bonds. The van der Waals surface area contributed by atoms with E-state index < -0.39 is 56.9 Å². The fraction of sp³-hybridized carbons (Fsp3) is 0.259. The van der Waals surface area contributed by atoms with Crippen LogP contribution in [0.5, 0.6) is 0 Å². The number of alkyl halides is 3. The summed E-state index contributed by atoms with van der Waals surface area (Å²) in [4.78, 5) is 28.2. The van der Waals surface area contributed by atoms with Crippen molar-refractivity contribution in [2.45, 2.75) is 25.2 Å². The predicted molar refractivity (Wildman–Crippen MR) is 151 cm³/mol. The van der Waals surface area contributed by atoms with E-state index in [4.69, 9.17) is 11.6 Å². The lowest BCUT2D eigenvalue weighted by Gasteiger charge is -2.33. The first-order chi connectivity index (χ1) is 18.7. The summed E-state index contributed by atoms with van der Waals surface area (Å²) in [5.41, 5.74) is -0.252. The quantitative estimate of drug-likeness (QED) is 0.321. The van der Waals surface area contributed by atoms with Crippen LogP contribution < -0.4 is 9.62 Å². The second kappa shape index (κ2) is 13.0. The first-order valence-electron chi connectivity index (χ1n) is 11.8. The van der Waals surface area contributed by atoms with E-state index in [-0.39, 0.29) is 13.0 Å². The molecular weight excluding hydrogens is 635 g/mol. The molecule has 0 aliphatic rings. The summed E-state index contributed by atoms with van der Waals surface area (Å²) < 4.78 is 67.3. The van der Waals surface area contributed by atoms with E-state index in [9.17, 15) is 31.2 Å². The highest BCUT2D eigenvalue weighted by Gasteiger charge is 2.36. The Hall–Kier alpha value is -3.09. The Morgan fingerprint density at radius 2 is 1.65 bits per heavy atom. The second-order valence-electron chi connectivity index (χ2n) is 8.90. The van der Waals surface area contributed by atoms with E-state index in [1.54, 1.807) is 54.6 Å². The normalized spacial score (nSPS) is 12.5.